The fraction of sp³-hybridized carbons (Fsp3) is 0.381. The van der Waals surface area contributed by atoms with Gasteiger partial charge in [0.25, 0.3) is 5.79 Å². The molecule has 148 valence electrons. The second kappa shape index (κ2) is 7.50. The molecule has 0 saturated heterocycles. The molecule has 28 heavy (non-hydrogen) atoms. The van der Waals surface area contributed by atoms with Crippen molar-refractivity contribution in [3.8, 4) is 23.0 Å². The van der Waals surface area contributed by atoms with Gasteiger partial charge in [-0.3, -0.25) is 0 Å². The van der Waals surface area contributed by atoms with E-state index in [0.29, 0.717) is 29.5 Å². The monoisotopic (exact) mass is 384 g/mol. The van der Waals surface area contributed by atoms with Crippen LogP contribution in [0.2, 0.25) is 0 Å². The van der Waals surface area contributed by atoms with E-state index in [0.717, 1.165) is 37.0 Å². The van der Waals surface area contributed by atoms with Gasteiger partial charge in [-0.25, -0.2) is 4.79 Å². The smallest absolute Gasteiger partial charge is 0.319 e. The number of hydrogen-bond donors (Lipinski definition) is 2. The van der Waals surface area contributed by atoms with Crippen molar-refractivity contribution in [2.75, 3.05) is 19.5 Å². The van der Waals surface area contributed by atoms with Gasteiger partial charge < -0.3 is 29.6 Å². The molecule has 2 aromatic rings. The summed E-state index contributed by atoms with van der Waals surface area (Å²) in [4.78, 5) is 12.3. The van der Waals surface area contributed by atoms with Crippen LogP contribution in [0.4, 0.5) is 10.5 Å². The van der Waals surface area contributed by atoms with Crippen molar-refractivity contribution in [1.82, 2.24) is 5.32 Å². The second-order valence-corrected chi connectivity index (χ2v) is 6.98. The molecule has 0 atom stereocenters. The number of ether oxygens (including phenoxy) is 4. The molecule has 2 N–H and O–H groups in total. The SMILES string of the molecule is COc1ccc(CNC(=O)Nc2ccc3c(c2)OC2(CCCC2)O3)cc1OC. The average Bonchev–Trinajstić information content (AvgIpc) is 3.31. The number of amides is 2. The van der Waals surface area contributed by atoms with Gasteiger partial charge in [0.2, 0.25) is 0 Å². The molecule has 0 bridgehead atoms. The Labute approximate surface area is 163 Å². The van der Waals surface area contributed by atoms with Gasteiger partial charge in [-0.15, -0.1) is 0 Å². The Balaban J connectivity index is 1.35. The Bertz CT molecular complexity index is 877. The van der Waals surface area contributed by atoms with Crippen LogP contribution < -0.4 is 29.6 Å². The molecule has 1 saturated carbocycles. The van der Waals surface area contributed by atoms with Crippen LogP contribution >= 0.6 is 0 Å². The third kappa shape index (κ3) is 3.65. The predicted octanol–water partition coefficient (Wildman–Crippen LogP) is 4.07. The minimum absolute atomic E-state index is 0.302. The van der Waals surface area contributed by atoms with E-state index in [9.17, 15) is 4.79 Å². The van der Waals surface area contributed by atoms with Gasteiger partial charge in [0, 0.05) is 31.1 Å². The zero-order valence-corrected chi connectivity index (χ0v) is 16.0. The van der Waals surface area contributed by atoms with Crippen molar-refractivity contribution < 1.29 is 23.7 Å². The third-order valence-corrected chi connectivity index (χ3v) is 5.06. The number of hydrogen-bond acceptors (Lipinski definition) is 5. The summed E-state index contributed by atoms with van der Waals surface area (Å²) < 4.78 is 22.5. The molecular weight excluding hydrogens is 360 g/mol. The number of benzene rings is 2. The maximum absolute atomic E-state index is 12.3. The van der Waals surface area contributed by atoms with Crippen LogP contribution in [0.3, 0.4) is 0 Å². The number of methoxy groups -OCH3 is 2. The maximum atomic E-state index is 12.3. The van der Waals surface area contributed by atoms with Crippen LogP contribution in [0, 0.1) is 0 Å². The lowest BCUT2D eigenvalue weighted by molar-refractivity contribution is -0.0716. The molecule has 7 heteroatoms. The zero-order chi connectivity index (χ0) is 19.6. The summed E-state index contributed by atoms with van der Waals surface area (Å²) in [6.45, 7) is 0.361. The van der Waals surface area contributed by atoms with E-state index >= 15 is 0 Å². The number of fused-ring (bicyclic) bond motifs is 1. The molecule has 2 aliphatic rings. The normalized spacial score (nSPS) is 16.1. The molecule has 7 nitrogen and oxygen atoms in total. The molecule has 0 aromatic heterocycles. The first-order chi connectivity index (χ1) is 13.6. The Kier molecular flexibility index (Phi) is 4.90. The highest BCUT2D eigenvalue weighted by molar-refractivity contribution is 5.89. The second-order valence-electron chi connectivity index (χ2n) is 6.98. The zero-order valence-electron chi connectivity index (χ0n) is 16.0. The Morgan fingerprint density at radius 1 is 1.00 bits per heavy atom. The van der Waals surface area contributed by atoms with Crippen molar-refractivity contribution in [2.24, 2.45) is 0 Å². The lowest BCUT2D eigenvalue weighted by Gasteiger charge is -2.21. The summed E-state index contributed by atoms with van der Waals surface area (Å²) >= 11 is 0. The van der Waals surface area contributed by atoms with E-state index in [1.807, 2.05) is 30.3 Å². The van der Waals surface area contributed by atoms with Crippen molar-refractivity contribution in [3.05, 3.63) is 42.0 Å². The number of rotatable bonds is 5. The molecule has 2 aromatic carbocycles. The fourth-order valence-electron chi connectivity index (χ4n) is 3.64. The highest BCUT2D eigenvalue weighted by Crippen LogP contribution is 2.47. The Hall–Kier alpha value is -3.09. The summed E-state index contributed by atoms with van der Waals surface area (Å²) in [6, 6.07) is 10.7. The molecule has 1 spiro atoms. The van der Waals surface area contributed by atoms with E-state index in [4.69, 9.17) is 18.9 Å². The van der Waals surface area contributed by atoms with Crippen molar-refractivity contribution in [3.63, 3.8) is 0 Å². The quantitative estimate of drug-likeness (QED) is 0.813. The lowest BCUT2D eigenvalue weighted by atomic mass is 10.2. The predicted molar refractivity (Wildman–Crippen MR) is 104 cm³/mol. The highest BCUT2D eigenvalue weighted by atomic mass is 16.7. The van der Waals surface area contributed by atoms with E-state index < -0.39 is 5.79 Å². The van der Waals surface area contributed by atoms with Crippen molar-refractivity contribution >= 4 is 11.7 Å². The lowest BCUT2D eigenvalue weighted by Crippen LogP contribution is -2.34. The van der Waals surface area contributed by atoms with E-state index in [-0.39, 0.29) is 6.03 Å². The average molecular weight is 384 g/mol. The summed E-state index contributed by atoms with van der Waals surface area (Å²) in [7, 11) is 3.17. The standard InChI is InChI=1S/C21H24N2O5/c1-25-16-7-5-14(11-18(16)26-2)13-22-20(24)23-15-6-8-17-19(12-15)28-21(27-17)9-3-4-10-21/h5-8,11-12H,3-4,9-10,13H2,1-2H3,(H2,22,23,24). The van der Waals surface area contributed by atoms with Gasteiger partial charge in [-0.2, -0.15) is 0 Å². The Morgan fingerprint density at radius 2 is 1.75 bits per heavy atom. The largest absolute Gasteiger partial charge is 0.493 e. The van der Waals surface area contributed by atoms with Crippen LogP contribution in [0.25, 0.3) is 0 Å². The maximum Gasteiger partial charge on any atom is 0.319 e. The van der Waals surface area contributed by atoms with Crippen LogP contribution in [-0.2, 0) is 6.54 Å². The highest BCUT2D eigenvalue weighted by Gasteiger charge is 2.44. The van der Waals surface area contributed by atoms with Gasteiger partial charge in [0.1, 0.15) is 0 Å². The summed E-state index contributed by atoms with van der Waals surface area (Å²) in [6.07, 6.45) is 4.02. The van der Waals surface area contributed by atoms with Gasteiger partial charge >= 0.3 is 6.03 Å². The van der Waals surface area contributed by atoms with Gasteiger partial charge in [-0.1, -0.05) is 6.07 Å². The van der Waals surface area contributed by atoms with Crippen LogP contribution in [0.5, 0.6) is 23.0 Å². The third-order valence-electron chi connectivity index (χ3n) is 5.06. The summed E-state index contributed by atoms with van der Waals surface area (Å²) in [5, 5.41) is 5.66. The van der Waals surface area contributed by atoms with Gasteiger partial charge in [0.05, 0.1) is 14.2 Å². The Morgan fingerprint density at radius 3 is 2.50 bits per heavy atom. The van der Waals surface area contributed by atoms with Crippen molar-refractivity contribution in [2.45, 2.75) is 38.0 Å². The number of urea groups is 1. The van der Waals surface area contributed by atoms with Crippen molar-refractivity contribution in [1.29, 1.82) is 0 Å². The fourth-order valence-corrected chi connectivity index (χ4v) is 3.64. The molecular formula is C21H24N2O5. The minimum atomic E-state index is -0.503. The van der Waals surface area contributed by atoms with Crippen LogP contribution in [0.15, 0.2) is 36.4 Å². The minimum Gasteiger partial charge on any atom is -0.493 e. The number of nitrogens with one attached hydrogen (secondary N) is 2. The number of carbonyl (C=O) groups is 1. The number of anilines is 1. The molecule has 4 rings (SSSR count). The molecule has 1 fully saturated rings. The first-order valence-corrected chi connectivity index (χ1v) is 9.39. The van der Waals surface area contributed by atoms with Crippen LogP contribution in [0.1, 0.15) is 31.2 Å². The molecule has 1 heterocycles. The topological polar surface area (TPSA) is 78.1 Å². The molecule has 2 amide bonds. The van der Waals surface area contributed by atoms with Gasteiger partial charge in [-0.05, 0) is 42.7 Å². The molecule has 0 unspecified atom stereocenters. The first-order valence-electron chi connectivity index (χ1n) is 9.39. The number of carbonyl (C=O) groups excluding carboxylic acids is 1. The van der Waals surface area contributed by atoms with Crippen LogP contribution in [-0.4, -0.2) is 26.0 Å². The van der Waals surface area contributed by atoms with E-state index in [2.05, 4.69) is 10.6 Å². The van der Waals surface area contributed by atoms with E-state index in [1.54, 1.807) is 20.3 Å². The van der Waals surface area contributed by atoms with E-state index in [1.165, 1.54) is 0 Å². The van der Waals surface area contributed by atoms with Gasteiger partial charge in [0.15, 0.2) is 23.0 Å². The first kappa shape index (κ1) is 18.3. The molecule has 1 aliphatic carbocycles. The summed E-state index contributed by atoms with van der Waals surface area (Å²) in [5.41, 5.74) is 1.56. The summed E-state index contributed by atoms with van der Waals surface area (Å²) in [5.74, 6) is 2.18. The molecule has 1 aliphatic heterocycles. The molecule has 0 radical (unpaired) electrons.